The van der Waals surface area contributed by atoms with E-state index >= 15 is 0 Å². The van der Waals surface area contributed by atoms with Crippen LogP contribution in [-0.2, 0) is 0 Å². The van der Waals surface area contributed by atoms with Crippen LogP contribution in [0, 0.1) is 0 Å². The number of benzene rings is 10. The van der Waals surface area contributed by atoms with E-state index in [2.05, 4.69) is 234 Å². The highest BCUT2D eigenvalue weighted by Gasteiger charge is 2.22. The monoisotopic (exact) mass is 778 g/mol. The first-order valence-electron chi connectivity index (χ1n) is 20.8. The van der Waals surface area contributed by atoms with Crippen LogP contribution in [0.3, 0.4) is 0 Å². The van der Waals surface area contributed by atoms with Gasteiger partial charge in [0.1, 0.15) is 11.2 Å². The molecule has 0 aliphatic carbocycles. The Kier molecular flexibility index (Phi) is 8.17. The van der Waals surface area contributed by atoms with Gasteiger partial charge in [0.15, 0.2) is 0 Å². The summed E-state index contributed by atoms with van der Waals surface area (Å²) in [4.78, 5) is 2.40. The van der Waals surface area contributed by atoms with Gasteiger partial charge in [0, 0.05) is 49.3 Å². The number of hydrogen-bond donors (Lipinski definition) is 0. The van der Waals surface area contributed by atoms with E-state index in [0.717, 1.165) is 55.7 Å². The Morgan fingerprint density at radius 2 is 0.836 bits per heavy atom. The van der Waals surface area contributed by atoms with Crippen molar-refractivity contribution in [3.63, 3.8) is 0 Å². The molecule has 0 amide bonds. The Hall–Kier alpha value is -8.14. The molecule has 0 saturated carbocycles. The maximum atomic E-state index is 6.60. The molecule has 0 N–H and O–H groups in total. The molecule has 2 aromatic heterocycles. The van der Waals surface area contributed by atoms with Crippen molar-refractivity contribution >= 4 is 71.6 Å². The molecular weight excluding hydrogens is 741 g/mol. The zero-order valence-electron chi connectivity index (χ0n) is 33.2. The van der Waals surface area contributed by atoms with Crippen LogP contribution in [0.5, 0.6) is 0 Å². The van der Waals surface area contributed by atoms with Crippen molar-refractivity contribution in [2.45, 2.75) is 0 Å². The lowest BCUT2D eigenvalue weighted by molar-refractivity contribution is 0.670. The van der Waals surface area contributed by atoms with Crippen LogP contribution in [0.1, 0.15) is 0 Å². The standard InChI is InChI=1S/C58H38N2O/c1-2-17-44-41(15-1)16-13-29-52(44)59(54-26-9-6-21-48(54)50-23-14-24-51-49-22-7-12-30-57(49)61-58(50)51)43-37-35-40(36-38-43)39-31-33-42(34-32-39)45-18-3-8-25-53(45)60-55-27-10-4-19-46(55)47-20-5-11-28-56(47)60/h1-38H. The second-order valence-electron chi connectivity index (χ2n) is 15.6. The molecule has 12 rings (SSSR count). The summed E-state index contributed by atoms with van der Waals surface area (Å²) in [5.41, 5.74) is 15.5. The van der Waals surface area contributed by atoms with Gasteiger partial charge in [-0.15, -0.1) is 0 Å². The summed E-state index contributed by atoms with van der Waals surface area (Å²) in [6, 6.07) is 82.8. The van der Waals surface area contributed by atoms with E-state index in [1.54, 1.807) is 0 Å². The first-order valence-corrected chi connectivity index (χ1v) is 20.8. The van der Waals surface area contributed by atoms with E-state index in [1.165, 1.54) is 55.0 Å². The van der Waals surface area contributed by atoms with Gasteiger partial charge in [-0.2, -0.15) is 0 Å². The lowest BCUT2D eigenvalue weighted by atomic mass is 9.97. The number of aromatic nitrogens is 1. The van der Waals surface area contributed by atoms with Crippen molar-refractivity contribution in [1.82, 2.24) is 4.57 Å². The molecule has 2 heterocycles. The van der Waals surface area contributed by atoms with Crippen LogP contribution in [0.2, 0.25) is 0 Å². The van der Waals surface area contributed by atoms with Crippen LogP contribution < -0.4 is 4.90 Å². The van der Waals surface area contributed by atoms with Gasteiger partial charge in [-0.25, -0.2) is 0 Å². The van der Waals surface area contributed by atoms with Gasteiger partial charge in [0.2, 0.25) is 0 Å². The highest BCUT2D eigenvalue weighted by molar-refractivity contribution is 6.12. The molecule has 0 aliphatic rings. The number of fused-ring (bicyclic) bond motifs is 7. The Morgan fingerprint density at radius 3 is 1.61 bits per heavy atom. The molecule has 0 unspecified atom stereocenters. The maximum Gasteiger partial charge on any atom is 0.143 e. The highest BCUT2D eigenvalue weighted by Crippen LogP contribution is 2.46. The second kappa shape index (κ2) is 14.3. The van der Waals surface area contributed by atoms with Gasteiger partial charge in [0.05, 0.1) is 28.1 Å². The molecule has 10 aromatic carbocycles. The van der Waals surface area contributed by atoms with Gasteiger partial charge in [-0.1, -0.05) is 182 Å². The maximum absolute atomic E-state index is 6.60. The molecule has 0 aliphatic heterocycles. The van der Waals surface area contributed by atoms with Crippen molar-refractivity contribution in [3.8, 4) is 39.1 Å². The SMILES string of the molecule is c1ccc(N(c2ccc(-c3ccc(-c4ccccc4-n4c5ccccc5c5ccccc54)cc3)cc2)c2cccc3ccccc23)c(-c2cccc3c2oc2ccccc23)c1. The zero-order chi connectivity index (χ0) is 40.3. The Morgan fingerprint density at radius 1 is 0.328 bits per heavy atom. The third-order valence-corrected chi connectivity index (χ3v) is 12.2. The lowest BCUT2D eigenvalue weighted by Gasteiger charge is -2.29. The van der Waals surface area contributed by atoms with Crippen molar-refractivity contribution in [3.05, 3.63) is 231 Å². The third-order valence-electron chi connectivity index (χ3n) is 12.2. The highest BCUT2D eigenvalue weighted by atomic mass is 16.3. The molecule has 12 aromatic rings. The molecule has 0 saturated heterocycles. The summed E-state index contributed by atoms with van der Waals surface area (Å²) in [7, 11) is 0. The fourth-order valence-electron chi connectivity index (χ4n) is 9.41. The van der Waals surface area contributed by atoms with E-state index in [-0.39, 0.29) is 0 Å². The van der Waals surface area contributed by atoms with Gasteiger partial charge in [0.25, 0.3) is 0 Å². The van der Waals surface area contributed by atoms with Gasteiger partial charge in [-0.3, -0.25) is 0 Å². The fraction of sp³-hybridized carbons (Fsp3) is 0. The summed E-state index contributed by atoms with van der Waals surface area (Å²) in [5.74, 6) is 0. The minimum Gasteiger partial charge on any atom is -0.455 e. The molecular formula is C58H38N2O. The van der Waals surface area contributed by atoms with E-state index in [0.29, 0.717) is 0 Å². The number of hydrogen-bond acceptors (Lipinski definition) is 2. The third kappa shape index (κ3) is 5.74. The minimum absolute atomic E-state index is 0.893. The van der Waals surface area contributed by atoms with Crippen LogP contribution in [0.25, 0.3) is 93.6 Å². The minimum atomic E-state index is 0.893. The van der Waals surface area contributed by atoms with Gasteiger partial charge in [-0.05, 0) is 70.6 Å². The lowest BCUT2D eigenvalue weighted by Crippen LogP contribution is -2.11. The van der Waals surface area contributed by atoms with Crippen LogP contribution in [-0.4, -0.2) is 4.57 Å². The van der Waals surface area contributed by atoms with Gasteiger partial charge >= 0.3 is 0 Å². The average molecular weight is 779 g/mol. The quantitative estimate of drug-likeness (QED) is 0.161. The van der Waals surface area contributed by atoms with Crippen molar-refractivity contribution < 1.29 is 4.42 Å². The van der Waals surface area contributed by atoms with E-state index in [9.17, 15) is 0 Å². The van der Waals surface area contributed by atoms with E-state index < -0.39 is 0 Å². The largest absolute Gasteiger partial charge is 0.455 e. The van der Waals surface area contributed by atoms with E-state index in [4.69, 9.17) is 4.42 Å². The molecule has 3 nitrogen and oxygen atoms in total. The average Bonchev–Trinajstić information content (AvgIpc) is 3.88. The van der Waals surface area contributed by atoms with Crippen LogP contribution in [0.15, 0.2) is 235 Å². The number of para-hydroxylation sites is 6. The normalized spacial score (nSPS) is 11.6. The first-order chi connectivity index (χ1) is 30.3. The molecule has 286 valence electrons. The predicted molar refractivity (Wildman–Crippen MR) is 257 cm³/mol. The summed E-state index contributed by atoms with van der Waals surface area (Å²) in [6.07, 6.45) is 0. The molecule has 61 heavy (non-hydrogen) atoms. The van der Waals surface area contributed by atoms with E-state index in [1.807, 2.05) is 6.07 Å². The predicted octanol–water partition coefficient (Wildman–Crippen LogP) is 16.3. The van der Waals surface area contributed by atoms with Crippen molar-refractivity contribution in [1.29, 1.82) is 0 Å². The van der Waals surface area contributed by atoms with Crippen molar-refractivity contribution in [2.75, 3.05) is 4.90 Å². The fourth-order valence-corrected chi connectivity index (χ4v) is 9.41. The molecule has 0 bridgehead atoms. The Balaban J connectivity index is 0.950. The first kappa shape index (κ1) is 34.9. The zero-order valence-corrected chi connectivity index (χ0v) is 33.2. The topological polar surface area (TPSA) is 21.3 Å². The molecule has 0 radical (unpaired) electrons. The molecule has 0 atom stereocenters. The number of rotatable bonds is 7. The summed E-state index contributed by atoms with van der Waals surface area (Å²) >= 11 is 0. The molecule has 0 spiro atoms. The smallest absolute Gasteiger partial charge is 0.143 e. The molecule has 3 heteroatoms. The number of furan rings is 1. The summed E-state index contributed by atoms with van der Waals surface area (Å²) in [6.45, 7) is 0. The Labute approximate surface area is 353 Å². The number of nitrogens with zero attached hydrogens (tertiary/aromatic N) is 2. The molecule has 0 fully saturated rings. The number of anilines is 3. The van der Waals surface area contributed by atoms with Crippen molar-refractivity contribution in [2.24, 2.45) is 0 Å². The summed E-state index contributed by atoms with van der Waals surface area (Å²) < 4.78 is 9.00. The van der Waals surface area contributed by atoms with Crippen LogP contribution in [0.4, 0.5) is 17.1 Å². The van der Waals surface area contributed by atoms with Crippen LogP contribution >= 0.6 is 0 Å². The second-order valence-corrected chi connectivity index (χ2v) is 15.6. The Bertz CT molecular complexity index is 3530. The van der Waals surface area contributed by atoms with Gasteiger partial charge < -0.3 is 13.9 Å². The summed E-state index contributed by atoms with van der Waals surface area (Å²) in [5, 5.41) is 7.14.